The third-order valence-electron chi connectivity index (χ3n) is 3.15. The van der Waals surface area contributed by atoms with Gasteiger partial charge in [-0.3, -0.25) is 0 Å². The zero-order valence-electron chi connectivity index (χ0n) is 10.7. The molecule has 90 valence electrons. The summed E-state index contributed by atoms with van der Waals surface area (Å²) < 4.78 is 5.22. The van der Waals surface area contributed by atoms with Gasteiger partial charge < -0.3 is 9.84 Å². The van der Waals surface area contributed by atoms with Gasteiger partial charge in [0, 0.05) is 0 Å². The number of aliphatic hydroxyl groups excluding tert-OH is 1. The molecule has 0 spiro atoms. The molecule has 0 aromatic heterocycles. The van der Waals surface area contributed by atoms with E-state index in [-0.39, 0.29) is 6.10 Å². The average molecular weight is 222 g/mol. The summed E-state index contributed by atoms with van der Waals surface area (Å²) >= 11 is 0. The number of benzene rings is 1. The molecular formula is C14H22O2. The minimum absolute atomic E-state index is 0.325. The highest BCUT2D eigenvalue weighted by Gasteiger charge is 2.18. The quantitative estimate of drug-likeness (QED) is 0.826. The summed E-state index contributed by atoms with van der Waals surface area (Å²) in [6.45, 7) is 6.25. The van der Waals surface area contributed by atoms with Crippen molar-refractivity contribution in [1.82, 2.24) is 0 Å². The van der Waals surface area contributed by atoms with Gasteiger partial charge in [0.05, 0.1) is 13.2 Å². The summed E-state index contributed by atoms with van der Waals surface area (Å²) in [4.78, 5) is 0. The third-order valence-corrected chi connectivity index (χ3v) is 3.15. The number of ether oxygens (including phenoxy) is 1. The minimum atomic E-state index is -0.385. The van der Waals surface area contributed by atoms with E-state index in [2.05, 4.69) is 13.8 Å². The molecule has 1 N–H and O–H groups in total. The van der Waals surface area contributed by atoms with Crippen molar-refractivity contribution in [2.24, 2.45) is 5.92 Å². The first-order valence-electron chi connectivity index (χ1n) is 5.96. The van der Waals surface area contributed by atoms with Gasteiger partial charge in [-0.15, -0.1) is 0 Å². The Hall–Kier alpha value is -1.02. The molecule has 2 heteroatoms. The van der Waals surface area contributed by atoms with Crippen LogP contribution in [0.15, 0.2) is 18.2 Å². The van der Waals surface area contributed by atoms with Crippen molar-refractivity contribution in [3.05, 3.63) is 29.3 Å². The molecule has 0 amide bonds. The fraction of sp³-hybridized carbons (Fsp3) is 0.571. The molecule has 0 saturated heterocycles. The first kappa shape index (κ1) is 13.0. The van der Waals surface area contributed by atoms with Crippen molar-refractivity contribution in [2.45, 2.75) is 39.7 Å². The fourth-order valence-corrected chi connectivity index (χ4v) is 2.07. The van der Waals surface area contributed by atoms with E-state index >= 15 is 0 Å². The predicted molar refractivity (Wildman–Crippen MR) is 66.8 cm³/mol. The van der Waals surface area contributed by atoms with Gasteiger partial charge in [-0.25, -0.2) is 0 Å². The Labute approximate surface area is 98.3 Å². The summed E-state index contributed by atoms with van der Waals surface area (Å²) in [7, 11) is 1.65. The Balaban J connectivity index is 2.97. The van der Waals surface area contributed by atoms with Crippen LogP contribution in [0.4, 0.5) is 0 Å². The van der Waals surface area contributed by atoms with E-state index in [9.17, 15) is 5.11 Å². The first-order valence-corrected chi connectivity index (χ1v) is 5.96. The number of hydrogen-bond donors (Lipinski definition) is 1. The van der Waals surface area contributed by atoms with Crippen LogP contribution in [0.3, 0.4) is 0 Å². The van der Waals surface area contributed by atoms with E-state index in [1.165, 1.54) is 0 Å². The standard InChI is InChI=1S/C14H22O2/c1-5-11(6-2)14(15)12-7-10(3)8-13(9-12)16-4/h7-9,11,14-15H,5-6H2,1-4H3. The van der Waals surface area contributed by atoms with E-state index in [4.69, 9.17) is 4.74 Å². The molecule has 16 heavy (non-hydrogen) atoms. The van der Waals surface area contributed by atoms with Crippen molar-refractivity contribution in [1.29, 1.82) is 0 Å². The second-order valence-corrected chi connectivity index (χ2v) is 4.30. The highest BCUT2D eigenvalue weighted by molar-refractivity contribution is 5.35. The molecule has 1 aromatic rings. The van der Waals surface area contributed by atoms with Crippen molar-refractivity contribution in [3.63, 3.8) is 0 Å². The summed E-state index contributed by atoms with van der Waals surface area (Å²) in [6, 6.07) is 5.94. The number of aryl methyl sites for hydroxylation is 1. The Morgan fingerprint density at radius 2 is 1.81 bits per heavy atom. The van der Waals surface area contributed by atoms with Gasteiger partial charge in [0.25, 0.3) is 0 Å². The smallest absolute Gasteiger partial charge is 0.119 e. The van der Waals surface area contributed by atoms with E-state index in [0.29, 0.717) is 5.92 Å². The van der Waals surface area contributed by atoms with Gasteiger partial charge in [0.15, 0.2) is 0 Å². The Morgan fingerprint density at radius 1 is 1.19 bits per heavy atom. The zero-order chi connectivity index (χ0) is 12.1. The monoisotopic (exact) mass is 222 g/mol. The van der Waals surface area contributed by atoms with Crippen molar-refractivity contribution in [3.8, 4) is 5.75 Å². The van der Waals surface area contributed by atoms with E-state index in [0.717, 1.165) is 29.7 Å². The lowest BCUT2D eigenvalue weighted by Gasteiger charge is -2.21. The number of rotatable bonds is 5. The molecule has 0 fully saturated rings. The minimum Gasteiger partial charge on any atom is -0.497 e. The SMILES string of the molecule is CCC(CC)C(O)c1cc(C)cc(OC)c1. The molecule has 0 aliphatic rings. The topological polar surface area (TPSA) is 29.5 Å². The zero-order valence-corrected chi connectivity index (χ0v) is 10.7. The molecule has 1 atom stereocenters. The number of aliphatic hydroxyl groups is 1. The van der Waals surface area contributed by atoms with E-state index in [1.54, 1.807) is 7.11 Å². The van der Waals surface area contributed by atoms with Crippen LogP contribution in [0.5, 0.6) is 5.75 Å². The molecule has 0 aliphatic carbocycles. The molecule has 0 bridgehead atoms. The molecule has 0 heterocycles. The van der Waals surface area contributed by atoms with Crippen LogP contribution in [0, 0.1) is 12.8 Å². The Bertz CT molecular complexity index is 330. The number of methoxy groups -OCH3 is 1. The fourth-order valence-electron chi connectivity index (χ4n) is 2.07. The van der Waals surface area contributed by atoms with Gasteiger partial charge in [0.1, 0.15) is 5.75 Å². The summed E-state index contributed by atoms with van der Waals surface area (Å²) in [5, 5.41) is 10.3. The largest absolute Gasteiger partial charge is 0.497 e. The second kappa shape index (κ2) is 5.90. The van der Waals surface area contributed by atoms with Crippen LogP contribution in [0.1, 0.15) is 43.9 Å². The van der Waals surface area contributed by atoms with Gasteiger partial charge in [0.2, 0.25) is 0 Å². The molecule has 2 nitrogen and oxygen atoms in total. The van der Waals surface area contributed by atoms with Crippen LogP contribution >= 0.6 is 0 Å². The van der Waals surface area contributed by atoms with Crippen molar-refractivity contribution < 1.29 is 9.84 Å². The Kier molecular flexibility index (Phi) is 4.81. The third kappa shape index (κ3) is 2.99. The van der Waals surface area contributed by atoms with E-state index in [1.807, 2.05) is 25.1 Å². The molecule has 1 aromatic carbocycles. The molecular weight excluding hydrogens is 200 g/mol. The maximum Gasteiger partial charge on any atom is 0.119 e. The van der Waals surface area contributed by atoms with Crippen molar-refractivity contribution >= 4 is 0 Å². The van der Waals surface area contributed by atoms with E-state index < -0.39 is 0 Å². The molecule has 0 radical (unpaired) electrons. The lowest BCUT2D eigenvalue weighted by Crippen LogP contribution is -2.11. The van der Waals surface area contributed by atoms with Gasteiger partial charge in [-0.2, -0.15) is 0 Å². The highest BCUT2D eigenvalue weighted by Crippen LogP contribution is 2.30. The highest BCUT2D eigenvalue weighted by atomic mass is 16.5. The Morgan fingerprint density at radius 3 is 2.31 bits per heavy atom. The van der Waals surface area contributed by atoms with Crippen LogP contribution < -0.4 is 4.74 Å². The molecule has 1 rings (SSSR count). The summed E-state index contributed by atoms with van der Waals surface area (Å²) in [5.41, 5.74) is 2.09. The van der Waals surface area contributed by atoms with Gasteiger partial charge in [-0.1, -0.05) is 32.8 Å². The van der Waals surface area contributed by atoms with Crippen LogP contribution in [-0.4, -0.2) is 12.2 Å². The second-order valence-electron chi connectivity index (χ2n) is 4.30. The normalized spacial score (nSPS) is 12.9. The average Bonchev–Trinajstić information content (AvgIpc) is 2.29. The molecule has 0 aliphatic heterocycles. The van der Waals surface area contributed by atoms with Gasteiger partial charge in [-0.05, 0) is 36.1 Å². The lowest BCUT2D eigenvalue weighted by atomic mass is 9.90. The maximum atomic E-state index is 10.3. The lowest BCUT2D eigenvalue weighted by molar-refractivity contribution is 0.103. The first-order chi connectivity index (χ1) is 7.62. The molecule has 1 unspecified atom stereocenters. The van der Waals surface area contributed by atoms with Crippen LogP contribution in [-0.2, 0) is 0 Å². The number of hydrogen-bond acceptors (Lipinski definition) is 2. The summed E-state index contributed by atoms with van der Waals surface area (Å²) in [5.74, 6) is 1.14. The van der Waals surface area contributed by atoms with Crippen molar-refractivity contribution in [2.75, 3.05) is 7.11 Å². The predicted octanol–water partition coefficient (Wildman–Crippen LogP) is 3.47. The summed E-state index contributed by atoms with van der Waals surface area (Å²) in [6.07, 6.45) is 1.60. The van der Waals surface area contributed by atoms with Gasteiger partial charge >= 0.3 is 0 Å². The van der Waals surface area contributed by atoms with Crippen LogP contribution in [0.25, 0.3) is 0 Å². The molecule has 0 saturated carbocycles. The maximum absolute atomic E-state index is 10.3. The van der Waals surface area contributed by atoms with Crippen LogP contribution in [0.2, 0.25) is 0 Å².